The molecule has 1 heterocycles. The summed E-state index contributed by atoms with van der Waals surface area (Å²) in [6.07, 6.45) is 1.60. The van der Waals surface area contributed by atoms with Crippen LogP contribution in [0.5, 0.6) is 0 Å². The van der Waals surface area contributed by atoms with E-state index in [1.807, 2.05) is 19.1 Å². The summed E-state index contributed by atoms with van der Waals surface area (Å²) in [5.74, 6) is -0.0729. The fraction of sp³-hybridized carbons (Fsp3) is 0.643. The molecule has 1 fully saturated rings. The second-order valence-corrected chi connectivity index (χ2v) is 6.52. The zero-order chi connectivity index (χ0) is 14.0. The number of rotatable bonds is 2. The number of amides is 1. The Balaban J connectivity index is 2.13. The van der Waals surface area contributed by atoms with E-state index in [9.17, 15) is 15.0 Å². The molecule has 19 heavy (non-hydrogen) atoms. The van der Waals surface area contributed by atoms with Crippen LogP contribution in [0.25, 0.3) is 0 Å². The van der Waals surface area contributed by atoms with Crippen molar-refractivity contribution >= 4 is 17.2 Å². The second kappa shape index (κ2) is 6.03. The van der Waals surface area contributed by atoms with Crippen molar-refractivity contribution in [2.45, 2.75) is 50.9 Å². The first-order chi connectivity index (χ1) is 9.00. The number of likely N-dealkylation sites (N-methyl/N-ethyl adjacent to an activating group) is 1. The molecular formula is C14H21NO3S. The highest BCUT2D eigenvalue weighted by atomic mass is 32.1. The quantitative estimate of drug-likeness (QED) is 0.814. The summed E-state index contributed by atoms with van der Waals surface area (Å²) in [6.45, 7) is 1.96. The fourth-order valence-electron chi connectivity index (χ4n) is 2.60. The minimum Gasteiger partial charge on any atom is -0.390 e. The summed E-state index contributed by atoms with van der Waals surface area (Å²) in [6, 6.07) is 3.44. The van der Waals surface area contributed by atoms with Gasteiger partial charge in [-0.1, -0.05) is 12.8 Å². The maximum Gasteiger partial charge on any atom is 0.264 e. The van der Waals surface area contributed by atoms with E-state index in [-0.39, 0.29) is 11.9 Å². The lowest BCUT2D eigenvalue weighted by Crippen LogP contribution is -2.48. The van der Waals surface area contributed by atoms with Gasteiger partial charge >= 0.3 is 0 Å². The van der Waals surface area contributed by atoms with Crippen molar-refractivity contribution in [3.05, 3.63) is 21.9 Å². The number of nitrogens with zero attached hydrogens (tertiary/aromatic N) is 1. The number of thiophene rings is 1. The monoisotopic (exact) mass is 283 g/mol. The molecule has 1 aromatic heterocycles. The molecule has 1 aromatic rings. The van der Waals surface area contributed by atoms with Gasteiger partial charge in [-0.2, -0.15) is 0 Å². The van der Waals surface area contributed by atoms with Crippen LogP contribution in [0.4, 0.5) is 0 Å². The Morgan fingerprint density at radius 1 is 1.32 bits per heavy atom. The normalized spacial score (nSPS) is 27.9. The third-order valence-electron chi connectivity index (χ3n) is 3.81. The molecule has 0 aromatic carbocycles. The summed E-state index contributed by atoms with van der Waals surface area (Å²) in [4.78, 5) is 15.7. The Bertz CT molecular complexity index is 446. The smallest absolute Gasteiger partial charge is 0.264 e. The standard InChI is InChI=1S/C14H21NO3S/c1-9-7-8-12(19-9)14(18)15(2)10-5-3-4-6-11(16)13(10)17/h7-8,10-11,13,16-17H,3-6H2,1-2H3/t10-,11-,13-/m1/s1. The van der Waals surface area contributed by atoms with Crippen LogP contribution in [0, 0.1) is 6.92 Å². The number of hydrogen-bond acceptors (Lipinski definition) is 4. The molecule has 2 rings (SSSR count). The average molecular weight is 283 g/mol. The van der Waals surface area contributed by atoms with Gasteiger partial charge in [-0.05, 0) is 31.9 Å². The molecular weight excluding hydrogens is 262 g/mol. The van der Waals surface area contributed by atoms with E-state index in [0.717, 1.165) is 24.1 Å². The third-order valence-corrected chi connectivity index (χ3v) is 4.80. The van der Waals surface area contributed by atoms with E-state index < -0.39 is 12.2 Å². The zero-order valence-electron chi connectivity index (χ0n) is 11.4. The van der Waals surface area contributed by atoms with Gasteiger partial charge in [0.05, 0.1) is 17.0 Å². The number of hydrogen-bond donors (Lipinski definition) is 2. The van der Waals surface area contributed by atoms with Crippen LogP contribution in [0.15, 0.2) is 12.1 Å². The maximum atomic E-state index is 12.4. The minimum atomic E-state index is -0.850. The van der Waals surface area contributed by atoms with Crippen LogP contribution >= 0.6 is 11.3 Å². The van der Waals surface area contributed by atoms with Crippen LogP contribution < -0.4 is 0 Å². The first-order valence-electron chi connectivity index (χ1n) is 6.70. The Hall–Kier alpha value is -0.910. The maximum absolute atomic E-state index is 12.4. The Kier molecular flexibility index (Phi) is 4.60. The molecule has 4 nitrogen and oxygen atoms in total. The van der Waals surface area contributed by atoms with Crippen molar-refractivity contribution in [3.63, 3.8) is 0 Å². The van der Waals surface area contributed by atoms with E-state index in [0.29, 0.717) is 11.3 Å². The van der Waals surface area contributed by atoms with Gasteiger partial charge in [-0.25, -0.2) is 0 Å². The molecule has 1 amide bonds. The van der Waals surface area contributed by atoms with Crippen molar-refractivity contribution in [3.8, 4) is 0 Å². The molecule has 0 spiro atoms. The number of carbonyl (C=O) groups is 1. The summed E-state index contributed by atoms with van der Waals surface area (Å²) >= 11 is 1.46. The molecule has 0 saturated heterocycles. The number of aryl methyl sites for hydroxylation is 1. The van der Waals surface area contributed by atoms with Crippen LogP contribution in [0.1, 0.15) is 40.2 Å². The second-order valence-electron chi connectivity index (χ2n) is 5.24. The lowest BCUT2D eigenvalue weighted by molar-refractivity contribution is -0.0254. The van der Waals surface area contributed by atoms with Crippen LogP contribution in [-0.4, -0.2) is 46.3 Å². The van der Waals surface area contributed by atoms with Crippen molar-refractivity contribution in [1.29, 1.82) is 0 Å². The van der Waals surface area contributed by atoms with E-state index >= 15 is 0 Å². The molecule has 0 bridgehead atoms. The Labute approximate surface area is 117 Å². The van der Waals surface area contributed by atoms with Gasteiger partial charge in [0.1, 0.15) is 6.10 Å². The number of carbonyl (C=O) groups excluding carboxylic acids is 1. The molecule has 106 valence electrons. The zero-order valence-corrected chi connectivity index (χ0v) is 12.2. The van der Waals surface area contributed by atoms with Gasteiger partial charge in [-0.3, -0.25) is 4.79 Å². The lowest BCUT2D eigenvalue weighted by Gasteiger charge is -2.32. The molecule has 3 atom stereocenters. The van der Waals surface area contributed by atoms with E-state index in [1.54, 1.807) is 11.9 Å². The average Bonchev–Trinajstić information content (AvgIpc) is 2.75. The Morgan fingerprint density at radius 2 is 2.00 bits per heavy atom. The molecule has 0 radical (unpaired) electrons. The fourth-order valence-corrected chi connectivity index (χ4v) is 3.45. The molecule has 5 heteroatoms. The highest BCUT2D eigenvalue weighted by Gasteiger charge is 2.33. The summed E-state index contributed by atoms with van der Waals surface area (Å²) < 4.78 is 0. The summed E-state index contributed by atoms with van der Waals surface area (Å²) in [7, 11) is 1.71. The lowest BCUT2D eigenvalue weighted by atomic mass is 10.0. The van der Waals surface area contributed by atoms with Crippen LogP contribution in [-0.2, 0) is 0 Å². The highest BCUT2D eigenvalue weighted by molar-refractivity contribution is 7.13. The first-order valence-corrected chi connectivity index (χ1v) is 7.52. The molecule has 0 aliphatic heterocycles. The molecule has 1 aliphatic rings. The first kappa shape index (κ1) is 14.5. The van der Waals surface area contributed by atoms with Gasteiger partial charge in [0.25, 0.3) is 5.91 Å². The van der Waals surface area contributed by atoms with Crippen molar-refractivity contribution in [2.24, 2.45) is 0 Å². The number of aliphatic hydroxyl groups is 2. The Morgan fingerprint density at radius 3 is 2.63 bits per heavy atom. The van der Waals surface area contributed by atoms with Crippen molar-refractivity contribution in [2.75, 3.05) is 7.05 Å². The topological polar surface area (TPSA) is 60.8 Å². The highest BCUT2D eigenvalue weighted by Crippen LogP contribution is 2.25. The van der Waals surface area contributed by atoms with E-state index in [4.69, 9.17) is 0 Å². The van der Waals surface area contributed by atoms with Gasteiger partial charge in [0.2, 0.25) is 0 Å². The molecule has 0 unspecified atom stereocenters. The summed E-state index contributed by atoms with van der Waals surface area (Å²) in [5, 5.41) is 20.0. The minimum absolute atomic E-state index is 0.0729. The van der Waals surface area contributed by atoms with Gasteiger partial charge < -0.3 is 15.1 Å². The predicted octanol–water partition coefficient (Wildman–Crippen LogP) is 1.79. The SMILES string of the molecule is Cc1ccc(C(=O)N(C)[C@@H]2CCCC[C@@H](O)[C@@H]2O)s1. The van der Waals surface area contributed by atoms with Gasteiger partial charge in [0.15, 0.2) is 0 Å². The summed E-state index contributed by atoms with van der Waals surface area (Å²) in [5.41, 5.74) is 0. The molecule has 2 N–H and O–H groups in total. The third kappa shape index (κ3) is 3.16. The van der Waals surface area contributed by atoms with Crippen LogP contribution in [0.2, 0.25) is 0 Å². The predicted molar refractivity (Wildman–Crippen MR) is 75.4 cm³/mol. The molecule has 1 aliphatic carbocycles. The van der Waals surface area contributed by atoms with E-state index in [1.165, 1.54) is 11.3 Å². The van der Waals surface area contributed by atoms with Crippen LogP contribution in [0.3, 0.4) is 0 Å². The van der Waals surface area contributed by atoms with Crippen molar-refractivity contribution in [1.82, 2.24) is 4.90 Å². The largest absolute Gasteiger partial charge is 0.390 e. The number of aliphatic hydroxyl groups excluding tert-OH is 2. The van der Waals surface area contributed by atoms with Crippen molar-refractivity contribution < 1.29 is 15.0 Å². The van der Waals surface area contributed by atoms with E-state index in [2.05, 4.69) is 0 Å². The van der Waals surface area contributed by atoms with Gasteiger partial charge in [-0.15, -0.1) is 11.3 Å². The van der Waals surface area contributed by atoms with Gasteiger partial charge in [0, 0.05) is 11.9 Å². The molecule has 1 saturated carbocycles.